The van der Waals surface area contributed by atoms with E-state index in [4.69, 9.17) is 5.26 Å². The van der Waals surface area contributed by atoms with E-state index >= 15 is 0 Å². The van der Waals surface area contributed by atoms with Gasteiger partial charge in [-0.1, -0.05) is 26.0 Å². The van der Waals surface area contributed by atoms with Crippen molar-refractivity contribution < 1.29 is 13.5 Å². The maximum atomic E-state index is 11.9. The molecule has 0 aliphatic rings. The van der Waals surface area contributed by atoms with Crippen molar-refractivity contribution in [1.29, 1.82) is 5.26 Å². The molecule has 0 spiro atoms. The van der Waals surface area contributed by atoms with Crippen LogP contribution in [0.15, 0.2) is 29.2 Å². The summed E-state index contributed by atoms with van der Waals surface area (Å²) in [6.07, 6.45) is -0.465. The summed E-state index contributed by atoms with van der Waals surface area (Å²) >= 11 is 0. The van der Waals surface area contributed by atoms with Gasteiger partial charge in [0.25, 0.3) is 0 Å². The standard InChI is InChI=1S/C13H18N2O3S/c1-10(2)13(16)9-15-19(17,18)12-5-3-11(4-6-12)7-8-14/h3-6,10,13,15-16H,7,9H2,1-2H3. The van der Waals surface area contributed by atoms with E-state index in [1.165, 1.54) is 12.1 Å². The molecular formula is C13H18N2O3S. The molecule has 1 atom stereocenters. The Morgan fingerprint density at radius 3 is 2.37 bits per heavy atom. The number of sulfonamides is 1. The number of aliphatic hydroxyl groups is 1. The Morgan fingerprint density at radius 2 is 1.89 bits per heavy atom. The fourth-order valence-corrected chi connectivity index (χ4v) is 2.44. The highest BCUT2D eigenvalue weighted by Crippen LogP contribution is 2.11. The first-order chi connectivity index (χ1) is 8.86. The van der Waals surface area contributed by atoms with Gasteiger partial charge in [0.1, 0.15) is 0 Å². The lowest BCUT2D eigenvalue weighted by Gasteiger charge is -2.15. The van der Waals surface area contributed by atoms with Gasteiger partial charge >= 0.3 is 0 Å². The van der Waals surface area contributed by atoms with Crippen molar-refractivity contribution in [2.45, 2.75) is 31.3 Å². The number of benzene rings is 1. The van der Waals surface area contributed by atoms with E-state index < -0.39 is 16.1 Å². The molecule has 0 heterocycles. The zero-order chi connectivity index (χ0) is 14.5. The lowest BCUT2D eigenvalue weighted by atomic mass is 10.1. The van der Waals surface area contributed by atoms with E-state index in [0.29, 0.717) is 0 Å². The molecule has 0 amide bonds. The Balaban J connectivity index is 2.75. The summed E-state index contributed by atoms with van der Waals surface area (Å²) in [5.74, 6) is -0.0132. The van der Waals surface area contributed by atoms with Crippen molar-refractivity contribution in [3.05, 3.63) is 29.8 Å². The molecule has 5 nitrogen and oxygen atoms in total. The SMILES string of the molecule is CC(C)C(O)CNS(=O)(=O)c1ccc(CC#N)cc1. The number of hydrogen-bond acceptors (Lipinski definition) is 4. The summed E-state index contributed by atoms with van der Waals surface area (Å²) in [5.41, 5.74) is 0.767. The fraction of sp³-hybridized carbons (Fsp3) is 0.462. The van der Waals surface area contributed by atoms with Crippen LogP contribution in [-0.4, -0.2) is 26.2 Å². The predicted molar refractivity (Wildman–Crippen MR) is 71.8 cm³/mol. The molecule has 6 heteroatoms. The van der Waals surface area contributed by atoms with E-state index in [9.17, 15) is 13.5 Å². The molecule has 0 fully saturated rings. The van der Waals surface area contributed by atoms with E-state index in [-0.39, 0.29) is 23.8 Å². The molecule has 0 saturated heterocycles. The van der Waals surface area contributed by atoms with Crippen molar-refractivity contribution in [3.8, 4) is 6.07 Å². The van der Waals surface area contributed by atoms with Crippen LogP contribution in [0.4, 0.5) is 0 Å². The Bertz CT molecular complexity index is 544. The Hall–Kier alpha value is -1.42. The van der Waals surface area contributed by atoms with E-state index in [2.05, 4.69) is 4.72 Å². The predicted octanol–water partition coefficient (Wildman–Crippen LogP) is 1.05. The average Bonchev–Trinajstić information content (AvgIpc) is 2.37. The maximum Gasteiger partial charge on any atom is 0.240 e. The lowest BCUT2D eigenvalue weighted by Crippen LogP contribution is -2.34. The smallest absolute Gasteiger partial charge is 0.240 e. The zero-order valence-corrected chi connectivity index (χ0v) is 11.8. The summed E-state index contributed by atoms with van der Waals surface area (Å²) in [7, 11) is -3.61. The van der Waals surface area contributed by atoms with Crippen molar-refractivity contribution in [1.82, 2.24) is 4.72 Å². The molecule has 0 aromatic heterocycles. The van der Waals surface area contributed by atoms with Gasteiger partial charge in [0.05, 0.1) is 23.5 Å². The third-order valence-electron chi connectivity index (χ3n) is 2.77. The molecule has 1 unspecified atom stereocenters. The molecule has 1 aromatic rings. The number of nitriles is 1. The van der Waals surface area contributed by atoms with Crippen LogP contribution in [0.25, 0.3) is 0 Å². The van der Waals surface area contributed by atoms with Crippen LogP contribution < -0.4 is 4.72 Å². The number of nitrogens with zero attached hydrogens (tertiary/aromatic N) is 1. The van der Waals surface area contributed by atoms with Crippen molar-refractivity contribution in [2.75, 3.05) is 6.54 Å². The highest BCUT2D eigenvalue weighted by Gasteiger charge is 2.17. The minimum Gasteiger partial charge on any atom is -0.391 e. The summed E-state index contributed by atoms with van der Waals surface area (Å²) in [4.78, 5) is 0.130. The molecule has 2 N–H and O–H groups in total. The monoisotopic (exact) mass is 282 g/mol. The van der Waals surface area contributed by atoms with Crippen LogP contribution in [0.3, 0.4) is 0 Å². The summed E-state index contributed by atoms with van der Waals surface area (Å²) < 4.78 is 26.2. The van der Waals surface area contributed by atoms with E-state index in [1.807, 2.05) is 19.9 Å². The minimum atomic E-state index is -3.61. The molecule has 1 rings (SSSR count). The average molecular weight is 282 g/mol. The molecular weight excluding hydrogens is 264 g/mol. The second kappa shape index (κ2) is 6.66. The Morgan fingerprint density at radius 1 is 1.32 bits per heavy atom. The second-order valence-corrected chi connectivity index (χ2v) is 6.41. The first-order valence-electron chi connectivity index (χ1n) is 6.00. The topological polar surface area (TPSA) is 90.2 Å². The first-order valence-corrected chi connectivity index (χ1v) is 7.48. The van der Waals surface area contributed by atoms with E-state index in [0.717, 1.165) is 5.56 Å². The number of aliphatic hydroxyl groups excluding tert-OH is 1. The molecule has 0 saturated carbocycles. The Labute approximate surface area is 113 Å². The molecule has 0 aliphatic heterocycles. The lowest BCUT2D eigenvalue weighted by molar-refractivity contribution is 0.129. The molecule has 0 aliphatic carbocycles. The van der Waals surface area contributed by atoms with Crippen LogP contribution in [0, 0.1) is 17.2 Å². The van der Waals surface area contributed by atoms with Crippen LogP contribution in [0.2, 0.25) is 0 Å². The molecule has 19 heavy (non-hydrogen) atoms. The van der Waals surface area contributed by atoms with Crippen LogP contribution in [-0.2, 0) is 16.4 Å². The van der Waals surface area contributed by atoms with Crippen molar-refractivity contribution in [2.24, 2.45) is 5.92 Å². The normalized spacial score (nSPS) is 13.2. The van der Waals surface area contributed by atoms with Crippen molar-refractivity contribution in [3.63, 3.8) is 0 Å². The largest absolute Gasteiger partial charge is 0.391 e. The third-order valence-corrected chi connectivity index (χ3v) is 4.21. The fourth-order valence-electron chi connectivity index (χ4n) is 1.39. The highest BCUT2D eigenvalue weighted by molar-refractivity contribution is 7.89. The quantitative estimate of drug-likeness (QED) is 0.816. The number of hydrogen-bond donors (Lipinski definition) is 2. The molecule has 0 bridgehead atoms. The van der Waals surface area contributed by atoms with Gasteiger partial charge in [-0.3, -0.25) is 0 Å². The number of rotatable bonds is 6. The van der Waals surface area contributed by atoms with E-state index in [1.54, 1.807) is 12.1 Å². The number of nitrogens with one attached hydrogen (secondary N) is 1. The van der Waals surface area contributed by atoms with Gasteiger partial charge in [0.15, 0.2) is 0 Å². The molecule has 0 radical (unpaired) electrons. The second-order valence-electron chi connectivity index (χ2n) is 4.64. The van der Waals surface area contributed by atoms with Gasteiger partial charge in [-0.2, -0.15) is 5.26 Å². The van der Waals surface area contributed by atoms with Gasteiger partial charge < -0.3 is 5.11 Å². The molecule has 104 valence electrons. The van der Waals surface area contributed by atoms with Crippen molar-refractivity contribution >= 4 is 10.0 Å². The van der Waals surface area contributed by atoms with Crippen LogP contribution >= 0.6 is 0 Å². The first kappa shape index (κ1) is 15.6. The van der Waals surface area contributed by atoms with Crippen LogP contribution in [0.5, 0.6) is 0 Å². The highest BCUT2D eigenvalue weighted by atomic mass is 32.2. The van der Waals surface area contributed by atoms with Gasteiger partial charge in [-0.25, -0.2) is 13.1 Å². The zero-order valence-electron chi connectivity index (χ0n) is 11.0. The van der Waals surface area contributed by atoms with Gasteiger partial charge in [-0.15, -0.1) is 0 Å². The summed E-state index contributed by atoms with van der Waals surface area (Å²) in [6, 6.07) is 8.12. The summed E-state index contributed by atoms with van der Waals surface area (Å²) in [6.45, 7) is 3.62. The Kier molecular flexibility index (Phi) is 5.48. The van der Waals surface area contributed by atoms with Gasteiger partial charge in [0.2, 0.25) is 10.0 Å². The molecule has 1 aromatic carbocycles. The minimum absolute atomic E-state index is 0.0132. The summed E-state index contributed by atoms with van der Waals surface area (Å²) in [5, 5.41) is 18.1. The van der Waals surface area contributed by atoms with Gasteiger partial charge in [-0.05, 0) is 23.6 Å². The maximum absolute atomic E-state index is 11.9. The third kappa shape index (κ3) is 4.63. The van der Waals surface area contributed by atoms with Gasteiger partial charge in [0, 0.05) is 6.54 Å². The van der Waals surface area contributed by atoms with Crippen LogP contribution in [0.1, 0.15) is 19.4 Å².